The predicted octanol–water partition coefficient (Wildman–Crippen LogP) is 1.93. The third-order valence-corrected chi connectivity index (χ3v) is 5.28. The van der Waals surface area contributed by atoms with Crippen molar-refractivity contribution in [3.63, 3.8) is 0 Å². The van der Waals surface area contributed by atoms with Crippen LogP contribution in [-0.2, 0) is 15.8 Å². The molecule has 110 valence electrons. The minimum absolute atomic E-state index is 0.00447. The fraction of sp³-hybridized carbons (Fsp3) is 0.500. The number of sulfonamides is 1. The Morgan fingerprint density at radius 1 is 1.35 bits per heavy atom. The second-order valence-corrected chi connectivity index (χ2v) is 7.75. The number of benzene rings is 1. The lowest BCUT2D eigenvalue weighted by Gasteiger charge is -2.13. The van der Waals surface area contributed by atoms with E-state index < -0.39 is 10.0 Å². The molecular formula is C14H20N2O2S2. The van der Waals surface area contributed by atoms with Gasteiger partial charge in [0.25, 0.3) is 0 Å². The highest BCUT2D eigenvalue weighted by Gasteiger charge is 2.25. The van der Waals surface area contributed by atoms with Crippen molar-refractivity contribution >= 4 is 27.2 Å². The second kappa shape index (κ2) is 6.20. The maximum atomic E-state index is 12.1. The van der Waals surface area contributed by atoms with Crippen LogP contribution in [0.4, 0.5) is 0 Å². The highest BCUT2D eigenvalue weighted by atomic mass is 32.2. The Labute approximate surface area is 125 Å². The maximum Gasteiger partial charge on any atom is 0.216 e. The fourth-order valence-electron chi connectivity index (χ4n) is 2.59. The average Bonchev–Trinajstić information content (AvgIpc) is 2.73. The fourth-order valence-corrected chi connectivity index (χ4v) is 4.17. The summed E-state index contributed by atoms with van der Waals surface area (Å²) in [7, 11) is -3.29. The highest BCUT2D eigenvalue weighted by molar-refractivity contribution is 7.88. The topological polar surface area (TPSA) is 72.2 Å². The van der Waals surface area contributed by atoms with Crippen molar-refractivity contribution in [3.05, 3.63) is 35.4 Å². The minimum Gasteiger partial charge on any atom is -0.389 e. The summed E-state index contributed by atoms with van der Waals surface area (Å²) in [6.07, 6.45) is 2.95. The van der Waals surface area contributed by atoms with Gasteiger partial charge in [-0.1, -0.05) is 43.4 Å². The van der Waals surface area contributed by atoms with Crippen LogP contribution in [0, 0.1) is 5.92 Å². The van der Waals surface area contributed by atoms with Crippen LogP contribution in [-0.4, -0.2) is 19.4 Å². The molecule has 0 radical (unpaired) electrons. The normalized spacial score (nSPS) is 22.9. The summed E-state index contributed by atoms with van der Waals surface area (Å²) >= 11 is 4.87. The first-order valence-electron chi connectivity index (χ1n) is 6.74. The van der Waals surface area contributed by atoms with E-state index in [-0.39, 0.29) is 11.8 Å². The largest absolute Gasteiger partial charge is 0.389 e. The van der Waals surface area contributed by atoms with Gasteiger partial charge in [0.05, 0.1) is 5.75 Å². The van der Waals surface area contributed by atoms with Crippen LogP contribution in [0.2, 0.25) is 0 Å². The summed E-state index contributed by atoms with van der Waals surface area (Å²) in [5.74, 6) is 0.600. The zero-order valence-corrected chi connectivity index (χ0v) is 13.1. The molecule has 0 aromatic heterocycles. The van der Waals surface area contributed by atoms with Crippen LogP contribution < -0.4 is 10.5 Å². The van der Waals surface area contributed by atoms with Crippen LogP contribution in [0.3, 0.4) is 0 Å². The van der Waals surface area contributed by atoms with Gasteiger partial charge in [0, 0.05) is 11.6 Å². The maximum absolute atomic E-state index is 12.1. The van der Waals surface area contributed by atoms with Crippen LogP contribution in [0.25, 0.3) is 0 Å². The summed E-state index contributed by atoms with van der Waals surface area (Å²) < 4.78 is 27.0. The van der Waals surface area contributed by atoms with Crippen molar-refractivity contribution in [1.82, 2.24) is 4.72 Å². The van der Waals surface area contributed by atoms with Crippen molar-refractivity contribution in [2.45, 2.75) is 38.0 Å². The molecule has 3 N–H and O–H groups in total. The molecule has 0 amide bonds. The summed E-state index contributed by atoms with van der Waals surface area (Å²) in [6, 6.07) is 7.11. The van der Waals surface area contributed by atoms with Gasteiger partial charge < -0.3 is 5.73 Å². The molecular weight excluding hydrogens is 292 g/mol. The number of hydrogen-bond acceptors (Lipinski definition) is 3. The van der Waals surface area contributed by atoms with Crippen molar-refractivity contribution in [2.75, 3.05) is 0 Å². The van der Waals surface area contributed by atoms with Gasteiger partial charge in [-0.3, -0.25) is 0 Å². The average molecular weight is 312 g/mol. The summed E-state index contributed by atoms with van der Waals surface area (Å²) in [5, 5.41) is 0. The van der Waals surface area contributed by atoms with E-state index in [4.69, 9.17) is 18.0 Å². The first-order chi connectivity index (χ1) is 9.35. The first-order valence-corrected chi connectivity index (χ1v) is 8.80. The van der Waals surface area contributed by atoms with E-state index in [1.54, 1.807) is 24.3 Å². The minimum atomic E-state index is -3.29. The van der Waals surface area contributed by atoms with E-state index in [0.717, 1.165) is 30.4 Å². The zero-order valence-electron chi connectivity index (χ0n) is 11.5. The Balaban J connectivity index is 1.99. The molecule has 0 saturated heterocycles. The molecule has 1 aromatic carbocycles. The van der Waals surface area contributed by atoms with E-state index in [1.165, 1.54) is 0 Å². The highest BCUT2D eigenvalue weighted by Crippen LogP contribution is 2.25. The monoisotopic (exact) mass is 312 g/mol. The van der Waals surface area contributed by atoms with Crippen LogP contribution >= 0.6 is 12.2 Å². The lowest BCUT2D eigenvalue weighted by molar-refractivity contribution is 0.538. The molecule has 1 saturated carbocycles. The van der Waals surface area contributed by atoms with Gasteiger partial charge in [-0.15, -0.1) is 0 Å². The number of nitrogens with one attached hydrogen (secondary N) is 1. The Hall–Kier alpha value is -0.980. The van der Waals surface area contributed by atoms with Crippen LogP contribution in [0.1, 0.15) is 37.3 Å². The SMILES string of the molecule is CC1CCC(NS(=O)(=O)Cc2ccc(C(N)=S)cc2)C1. The molecule has 0 bridgehead atoms. The van der Waals surface area contributed by atoms with E-state index in [0.29, 0.717) is 10.9 Å². The Kier molecular flexibility index (Phi) is 4.78. The van der Waals surface area contributed by atoms with Gasteiger partial charge in [0.1, 0.15) is 4.99 Å². The second-order valence-electron chi connectivity index (χ2n) is 5.55. The number of rotatable bonds is 5. The predicted molar refractivity (Wildman–Crippen MR) is 84.9 cm³/mol. The molecule has 2 unspecified atom stereocenters. The molecule has 0 aliphatic heterocycles. The quantitative estimate of drug-likeness (QED) is 0.815. The molecule has 4 nitrogen and oxygen atoms in total. The van der Waals surface area contributed by atoms with Gasteiger partial charge >= 0.3 is 0 Å². The molecule has 1 aromatic rings. The molecule has 1 aliphatic rings. The number of thiocarbonyl (C=S) groups is 1. The van der Waals surface area contributed by atoms with E-state index in [1.807, 2.05) is 0 Å². The first kappa shape index (κ1) is 15.4. The summed E-state index contributed by atoms with van der Waals surface area (Å²) in [5.41, 5.74) is 7.00. The van der Waals surface area contributed by atoms with Gasteiger partial charge in [0.15, 0.2) is 0 Å². The van der Waals surface area contributed by atoms with Crippen LogP contribution in [0.15, 0.2) is 24.3 Å². The van der Waals surface area contributed by atoms with Gasteiger partial charge in [-0.2, -0.15) is 0 Å². The lowest BCUT2D eigenvalue weighted by Crippen LogP contribution is -2.33. The lowest BCUT2D eigenvalue weighted by atomic mass is 10.1. The Morgan fingerprint density at radius 2 is 2.00 bits per heavy atom. The third kappa shape index (κ3) is 4.26. The van der Waals surface area contributed by atoms with E-state index in [2.05, 4.69) is 11.6 Å². The summed E-state index contributed by atoms with van der Waals surface area (Å²) in [4.78, 5) is 0.317. The summed E-state index contributed by atoms with van der Waals surface area (Å²) in [6.45, 7) is 2.16. The van der Waals surface area contributed by atoms with Gasteiger partial charge in [0.2, 0.25) is 10.0 Å². The standard InChI is InChI=1S/C14H20N2O2S2/c1-10-2-7-13(8-10)16-20(17,18)9-11-3-5-12(6-4-11)14(15)19/h3-6,10,13,16H,2,7-9H2,1H3,(H2,15,19). The molecule has 2 atom stereocenters. The third-order valence-electron chi connectivity index (χ3n) is 3.64. The molecule has 6 heteroatoms. The number of hydrogen-bond donors (Lipinski definition) is 2. The van der Waals surface area contributed by atoms with Gasteiger partial charge in [-0.25, -0.2) is 13.1 Å². The van der Waals surface area contributed by atoms with Gasteiger partial charge in [-0.05, 0) is 30.7 Å². The number of nitrogens with two attached hydrogens (primary N) is 1. The van der Waals surface area contributed by atoms with Crippen molar-refractivity contribution in [1.29, 1.82) is 0 Å². The molecule has 0 spiro atoms. The van der Waals surface area contributed by atoms with Crippen molar-refractivity contribution < 1.29 is 8.42 Å². The smallest absolute Gasteiger partial charge is 0.216 e. The Morgan fingerprint density at radius 3 is 2.50 bits per heavy atom. The van der Waals surface area contributed by atoms with E-state index >= 15 is 0 Å². The van der Waals surface area contributed by atoms with E-state index in [9.17, 15) is 8.42 Å². The zero-order chi connectivity index (χ0) is 14.8. The molecule has 0 heterocycles. The van der Waals surface area contributed by atoms with Crippen LogP contribution in [0.5, 0.6) is 0 Å². The van der Waals surface area contributed by atoms with Crippen molar-refractivity contribution in [3.8, 4) is 0 Å². The molecule has 20 heavy (non-hydrogen) atoms. The molecule has 1 aliphatic carbocycles. The molecule has 1 fully saturated rings. The molecule has 2 rings (SSSR count). The Bertz CT molecular complexity index is 582. The van der Waals surface area contributed by atoms with Crippen molar-refractivity contribution in [2.24, 2.45) is 11.7 Å².